The normalized spacial score (nSPS) is 57.1. The van der Waals surface area contributed by atoms with E-state index in [1.807, 2.05) is 6.92 Å². The molecule has 0 N–H and O–H groups in total. The van der Waals surface area contributed by atoms with Gasteiger partial charge in [-0.05, 0) is 6.92 Å². The number of esters is 2. The van der Waals surface area contributed by atoms with Crippen molar-refractivity contribution in [2.45, 2.75) is 28.3 Å². The van der Waals surface area contributed by atoms with Gasteiger partial charge in [-0.25, -0.2) is 0 Å². The van der Waals surface area contributed by atoms with Gasteiger partial charge < -0.3 is 9.47 Å². The molecule has 0 amide bonds. The van der Waals surface area contributed by atoms with E-state index < -0.39 is 29.4 Å². The van der Waals surface area contributed by atoms with E-state index in [-0.39, 0.29) is 15.8 Å². The maximum atomic E-state index is 11.6. The number of alkyl halides is 2. The smallest absolute Gasteiger partial charge is 0.320 e. The van der Waals surface area contributed by atoms with Gasteiger partial charge in [-0.1, -0.05) is 31.9 Å². The van der Waals surface area contributed by atoms with Gasteiger partial charge >= 0.3 is 11.9 Å². The highest BCUT2D eigenvalue weighted by Gasteiger charge is 2.73. The van der Waals surface area contributed by atoms with E-state index in [4.69, 9.17) is 4.74 Å². The average Bonchev–Trinajstić information content (AvgIpc) is 2.70. The molecule has 3 heterocycles. The van der Waals surface area contributed by atoms with Crippen LogP contribution in [0.5, 0.6) is 0 Å². The van der Waals surface area contributed by atoms with E-state index in [1.165, 1.54) is 0 Å². The summed E-state index contributed by atoms with van der Waals surface area (Å²) in [5.74, 6) is -1.77. The lowest BCUT2D eigenvalue weighted by Gasteiger charge is -2.31. The Morgan fingerprint density at radius 2 is 1.93 bits per heavy atom. The van der Waals surface area contributed by atoms with Gasteiger partial charge in [0.15, 0.2) is 0 Å². The predicted octanol–water partition coefficient (Wildman–Crippen LogP) is 1.00. The van der Waals surface area contributed by atoms with Crippen LogP contribution in [0.3, 0.4) is 0 Å². The second-order valence-corrected chi connectivity index (χ2v) is 6.40. The maximum absolute atomic E-state index is 11.6. The molecule has 3 saturated heterocycles. The summed E-state index contributed by atoms with van der Waals surface area (Å²) < 4.78 is 10.4. The molecule has 0 spiro atoms. The molecule has 6 atom stereocenters. The molecule has 82 valence electrons. The molecule has 3 aliphatic heterocycles. The molecule has 6 heteroatoms. The number of rotatable bonds is 0. The Labute approximate surface area is 103 Å². The summed E-state index contributed by atoms with van der Waals surface area (Å²) in [7, 11) is 0. The second-order valence-electron chi connectivity index (χ2n) is 4.36. The van der Waals surface area contributed by atoms with Crippen LogP contribution in [0.15, 0.2) is 0 Å². The fraction of sp³-hybridized carbons (Fsp3) is 0.778. The summed E-state index contributed by atoms with van der Waals surface area (Å²) in [6, 6.07) is 0. The first-order chi connectivity index (χ1) is 6.97. The Balaban J connectivity index is 2.09. The standard InChI is InChI=1S/C9H8Br2O4/c1-9-3-2(7(12)14-8(3)13)5(15-9)4(10)6(9)11/h2-6H,1H3/t2-,3+,4-,5+,6-,9+/m0/s1. The number of halogens is 2. The molecule has 3 fully saturated rings. The quantitative estimate of drug-likeness (QED) is 0.375. The van der Waals surface area contributed by atoms with Crippen LogP contribution in [-0.2, 0) is 19.1 Å². The molecule has 0 aromatic carbocycles. The summed E-state index contributed by atoms with van der Waals surface area (Å²) in [5.41, 5.74) is -0.632. The second kappa shape index (κ2) is 2.84. The lowest BCUT2D eigenvalue weighted by molar-refractivity contribution is -0.158. The van der Waals surface area contributed by atoms with Crippen molar-refractivity contribution >= 4 is 43.8 Å². The lowest BCUT2D eigenvalue weighted by Crippen LogP contribution is -2.49. The van der Waals surface area contributed by atoms with Crippen molar-refractivity contribution in [3.8, 4) is 0 Å². The van der Waals surface area contributed by atoms with Gasteiger partial charge in [0, 0.05) is 0 Å². The van der Waals surface area contributed by atoms with E-state index >= 15 is 0 Å². The van der Waals surface area contributed by atoms with Crippen molar-refractivity contribution in [1.29, 1.82) is 0 Å². The molecule has 3 rings (SSSR count). The summed E-state index contributed by atoms with van der Waals surface area (Å²) >= 11 is 7.00. The molecule has 0 aliphatic carbocycles. The van der Waals surface area contributed by atoms with Gasteiger partial charge in [-0.2, -0.15) is 0 Å². The van der Waals surface area contributed by atoms with Gasteiger partial charge in [0.2, 0.25) is 0 Å². The Hall–Kier alpha value is 0.0600. The molecule has 0 saturated carbocycles. The highest BCUT2D eigenvalue weighted by molar-refractivity contribution is 9.12. The zero-order valence-electron chi connectivity index (χ0n) is 7.78. The van der Waals surface area contributed by atoms with E-state index in [2.05, 4.69) is 36.6 Å². The average molecular weight is 340 g/mol. The molecular formula is C9H8Br2O4. The first kappa shape index (κ1) is 10.2. The van der Waals surface area contributed by atoms with E-state index in [0.717, 1.165) is 0 Å². The molecular weight excluding hydrogens is 332 g/mol. The monoisotopic (exact) mass is 338 g/mol. The van der Waals surface area contributed by atoms with Crippen LogP contribution in [0.1, 0.15) is 6.92 Å². The largest absolute Gasteiger partial charge is 0.393 e. The highest BCUT2D eigenvalue weighted by atomic mass is 79.9. The third-order valence-electron chi connectivity index (χ3n) is 3.59. The van der Waals surface area contributed by atoms with Gasteiger partial charge in [-0.3, -0.25) is 9.59 Å². The van der Waals surface area contributed by atoms with Gasteiger partial charge in [0.25, 0.3) is 0 Å². The van der Waals surface area contributed by atoms with Crippen LogP contribution in [-0.4, -0.2) is 33.3 Å². The first-order valence-electron chi connectivity index (χ1n) is 4.68. The van der Waals surface area contributed by atoms with Crippen LogP contribution < -0.4 is 0 Å². The number of hydrogen-bond donors (Lipinski definition) is 0. The van der Waals surface area contributed by atoms with E-state index in [1.54, 1.807) is 0 Å². The Kier molecular flexibility index (Phi) is 1.94. The molecule has 3 aliphatic rings. The molecule has 0 radical (unpaired) electrons. The molecule has 2 bridgehead atoms. The van der Waals surface area contributed by atoms with Crippen LogP contribution in [0.25, 0.3) is 0 Å². The first-order valence-corrected chi connectivity index (χ1v) is 6.51. The fourth-order valence-electron chi connectivity index (χ4n) is 2.85. The number of hydrogen-bond acceptors (Lipinski definition) is 4. The molecule has 0 aromatic heterocycles. The Bertz CT molecular complexity index is 371. The molecule has 0 aromatic rings. The van der Waals surface area contributed by atoms with Crippen molar-refractivity contribution < 1.29 is 19.1 Å². The fourth-order valence-corrected chi connectivity index (χ4v) is 4.50. The Morgan fingerprint density at radius 3 is 2.60 bits per heavy atom. The van der Waals surface area contributed by atoms with Crippen LogP contribution >= 0.6 is 31.9 Å². The van der Waals surface area contributed by atoms with E-state index in [0.29, 0.717) is 0 Å². The molecule has 15 heavy (non-hydrogen) atoms. The van der Waals surface area contributed by atoms with Gasteiger partial charge in [-0.15, -0.1) is 0 Å². The van der Waals surface area contributed by atoms with Crippen molar-refractivity contribution in [2.75, 3.05) is 0 Å². The number of carbonyl (C=O) groups excluding carboxylic acids is 2. The topological polar surface area (TPSA) is 52.6 Å². The summed E-state index contributed by atoms with van der Waals surface area (Å²) in [4.78, 5) is 23.1. The van der Waals surface area contributed by atoms with Crippen LogP contribution in [0.2, 0.25) is 0 Å². The van der Waals surface area contributed by atoms with Crippen molar-refractivity contribution in [2.24, 2.45) is 11.8 Å². The lowest BCUT2D eigenvalue weighted by atomic mass is 9.74. The minimum atomic E-state index is -0.632. The minimum absolute atomic E-state index is 0.0229. The number of fused-ring (bicyclic) bond motifs is 5. The summed E-state index contributed by atoms with van der Waals surface area (Å²) in [6.45, 7) is 1.85. The predicted molar refractivity (Wildman–Crippen MR) is 56.8 cm³/mol. The van der Waals surface area contributed by atoms with Gasteiger partial charge in [0.05, 0.1) is 21.4 Å². The zero-order chi connectivity index (χ0) is 11.0. The number of carbonyl (C=O) groups is 2. The maximum Gasteiger partial charge on any atom is 0.320 e. The van der Waals surface area contributed by atoms with Crippen LogP contribution in [0, 0.1) is 11.8 Å². The zero-order valence-corrected chi connectivity index (χ0v) is 10.9. The number of cyclic esters (lactones) is 2. The molecule has 4 nitrogen and oxygen atoms in total. The summed E-state index contributed by atoms with van der Waals surface area (Å²) in [5, 5.41) is 0. The van der Waals surface area contributed by atoms with Gasteiger partial charge in [0.1, 0.15) is 11.8 Å². The van der Waals surface area contributed by atoms with Crippen molar-refractivity contribution in [3.63, 3.8) is 0 Å². The highest BCUT2D eigenvalue weighted by Crippen LogP contribution is 2.58. The van der Waals surface area contributed by atoms with Crippen molar-refractivity contribution in [3.05, 3.63) is 0 Å². The van der Waals surface area contributed by atoms with Crippen molar-refractivity contribution in [1.82, 2.24) is 0 Å². The third-order valence-corrected chi connectivity index (χ3v) is 6.83. The number of ether oxygens (including phenoxy) is 2. The Morgan fingerprint density at radius 1 is 1.27 bits per heavy atom. The molecule has 0 unspecified atom stereocenters. The SMILES string of the molecule is C[C@]12O[C@@H]([C@H](Br)[C@@H]1Br)[C@H]1C(=O)OC(=O)[C@@H]12. The van der Waals surface area contributed by atoms with E-state index in [9.17, 15) is 9.59 Å². The van der Waals surface area contributed by atoms with Crippen LogP contribution in [0.4, 0.5) is 0 Å². The summed E-state index contributed by atoms with van der Waals surface area (Å²) in [6.07, 6.45) is -0.261. The minimum Gasteiger partial charge on any atom is -0.393 e. The third kappa shape index (κ3) is 1.01.